The molecule has 7 aromatic carbocycles. The molecule has 0 radical (unpaired) electrons. The Labute approximate surface area is 398 Å². The second kappa shape index (κ2) is 22.8. The van der Waals surface area contributed by atoms with Gasteiger partial charge in [-0.3, -0.25) is 9.59 Å². The van der Waals surface area contributed by atoms with Crippen LogP contribution in [0.2, 0.25) is 0 Å². The van der Waals surface area contributed by atoms with E-state index in [9.17, 15) is 9.59 Å². The largest absolute Gasteiger partial charge is 0.489 e. The molecule has 0 saturated heterocycles. The molecule has 0 aliphatic carbocycles. The molecule has 0 aliphatic rings. The van der Waals surface area contributed by atoms with Crippen molar-refractivity contribution in [1.82, 2.24) is 25.1 Å². The highest BCUT2D eigenvalue weighted by atomic mass is 16.5. The van der Waals surface area contributed by atoms with Crippen molar-refractivity contribution in [2.24, 2.45) is 0 Å². The highest BCUT2D eigenvalue weighted by Gasteiger charge is 2.39. The molecule has 342 valence electrons. The van der Waals surface area contributed by atoms with Crippen molar-refractivity contribution in [1.29, 1.82) is 0 Å². The Morgan fingerprint density at radius 1 is 0.574 bits per heavy atom. The summed E-state index contributed by atoms with van der Waals surface area (Å²) in [5, 5.41) is 5.97. The first kappa shape index (κ1) is 46.3. The minimum atomic E-state index is -1.18. The lowest BCUT2D eigenvalue weighted by Gasteiger charge is -2.37. The smallest absolute Gasteiger partial charge is 0.408 e. The summed E-state index contributed by atoms with van der Waals surface area (Å²) in [7, 11) is 0. The molecule has 0 saturated carbocycles. The minimum Gasteiger partial charge on any atom is -0.489 e. The summed E-state index contributed by atoms with van der Waals surface area (Å²) < 4.78 is 13.8. The third-order valence-corrected chi connectivity index (χ3v) is 11.8. The SMILES string of the molecule is C[C@@H](Cc1ccccc1)NC(=O)CN(Cc1ccc(OCc2ccccc2)cc1)C(=O)[C@H](Cc1cn(C(c2ccccc2)(c2ccccc2)c2ccccc2)cn1)NC(=O)OCc1ccccc1. The second-order valence-electron chi connectivity index (χ2n) is 16.8. The quantitative estimate of drug-likeness (QED) is 0.0737. The minimum absolute atomic E-state index is 0.0000722. The van der Waals surface area contributed by atoms with Crippen molar-refractivity contribution in [2.75, 3.05) is 6.54 Å². The number of nitrogens with zero attached hydrogens (tertiary/aromatic N) is 3. The lowest BCUT2D eigenvalue weighted by atomic mass is 9.77. The predicted octanol–water partition coefficient (Wildman–Crippen LogP) is 9.92. The highest BCUT2D eigenvalue weighted by Crippen LogP contribution is 2.41. The first-order valence-electron chi connectivity index (χ1n) is 22.9. The molecule has 0 spiro atoms. The van der Waals surface area contributed by atoms with Gasteiger partial charge in [-0.15, -0.1) is 0 Å². The van der Waals surface area contributed by atoms with Crippen molar-refractivity contribution in [3.63, 3.8) is 0 Å². The van der Waals surface area contributed by atoms with Gasteiger partial charge in [0.05, 0.1) is 18.6 Å². The van der Waals surface area contributed by atoms with E-state index in [0.29, 0.717) is 24.5 Å². The van der Waals surface area contributed by atoms with Crippen LogP contribution in [0.5, 0.6) is 5.75 Å². The fourth-order valence-electron chi connectivity index (χ4n) is 8.55. The van der Waals surface area contributed by atoms with E-state index in [1.54, 1.807) is 6.33 Å². The topological polar surface area (TPSA) is 115 Å². The van der Waals surface area contributed by atoms with E-state index in [1.165, 1.54) is 4.90 Å². The Morgan fingerprint density at radius 3 is 1.59 bits per heavy atom. The first-order valence-corrected chi connectivity index (χ1v) is 22.9. The summed E-state index contributed by atoms with van der Waals surface area (Å²) in [5.41, 5.74) is 6.39. The number of aromatic nitrogens is 2. The zero-order valence-corrected chi connectivity index (χ0v) is 38.1. The van der Waals surface area contributed by atoms with Crippen LogP contribution < -0.4 is 15.4 Å². The third kappa shape index (κ3) is 12.0. The Hall–Kier alpha value is -8.24. The number of carbonyl (C=O) groups is 3. The number of nitrogens with one attached hydrogen (secondary N) is 2. The van der Waals surface area contributed by atoms with Crippen molar-refractivity contribution < 1.29 is 23.9 Å². The molecule has 0 bridgehead atoms. The molecule has 10 nitrogen and oxygen atoms in total. The van der Waals surface area contributed by atoms with Gasteiger partial charge in [-0.05, 0) is 64.4 Å². The molecule has 0 aliphatic heterocycles. The molecule has 8 aromatic rings. The molecule has 0 unspecified atom stereocenters. The van der Waals surface area contributed by atoms with E-state index in [2.05, 4.69) is 51.6 Å². The van der Waals surface area contributed by atoms with Gasteiger partial charge in [0.2, 0.25) is 11.8 Å². The van der Waals surface area contributed by atoms with Crippen molar-refractivity contribution in [3.05, 3.63) is 263 Å². The van der Waals surface area contributed by atoms with Gasteiger partial charge < -0.3 is 29.6 Å². The van der Waals surface area contributed by atoms with Gasteiger partial charge in [-0.2, -0.15) is 0 Å². The van der Waals surface area contributed by atoms with E-state index >= 15 is 4.79 Å². The molecule has 2 atom stereocenters. The average Bonchev–Trinajstić information content (AvgIpc) is 3.85. The van der Waals surface area contributed by atoms with E-state index in [1.807, 2.05) is 183 Å². The standard InChI is InChI=1S/C58H55N5O5/c1-44(36-45-20-8-2-9-21-45)60-55(64)40-62(38-46-32-34-53(35-33-46)67-41-47-22-10-3-11-23-47)56(65)54(61-57(66)68-42-48-24-12-4-13-25-48)37-52-39-63(43-59-52)58(49-26-14-5-15-27-49,50-28-16-6-17-29-50)51-30-18-7-19-31-51/h2-35,39,43-44,54H,36-38,40-42H2,1H3,(H,60,64)(H,61,66)/t44-,54-/m0/s1. The summed E-state index contributed by atoms with van der Waals surface area (Å²) in [6.07, 6.45) is 3.54. The molecule has 1 heterocycles. The van der Waals surface area contributed by atoms with Gasteiger partial charge in [0.15, 0.2) is 0 Å². The number of hydrogen-bond donors (Lipinski definition) is 2. The van der Waals surface area contributed by atoms with Crippen molar-refractivity contribution >= 4 is 17.9 Å². The summed E-state index contributed by atoms with van der Waals surface area (Å²) in [4.78, 5) is 49.3. The van der Waals surface area contributed by atoms with Crippen LogP contribution in [-0.4, -0.2) is 51.0 Å². The van der Waals surface area contributed by atoms with Crippen LogP contribution >= 0.6 is 0 Å². The Morgan fingerprint density at radius 2 is 1.06 bits per heavy atom. The Balaban J connectivity index is 1.11. The van der Waals surface area contributed by atoms with Gasteiger partial charge in [0.1, 0.15) is 30.5 Å². The monoisotopic (exact) mass is 901 g/mol. The molecule has 3 amide bonds. The van der Waals surface area contributed by atoms with E-state index in [4.69, 9.17) is 14.5 Å². The number of rotatable bonds is 20. The summed E-state index contributed by atoms with van der Waals surface area (Å²) in [6.45, 7) is 2.14. The second-order valence-corrected chi connectivity index (χ2v) is 16.8. The molecule has 68 heavy (non-hydrogen) atoms. The fraction of sp³-hybridized carbons (Fsp3) is 0.172. The number of carbonyl (C=O) groups excluding carboxylic acids is 3. The lowest BCUT2D eigenvalue weighted by molar-refractivity contribution is -0.138. The van der Waals surface area contributed by atoms with Crippen molar-refractivity contribution in [3.8, 4) is 5.75 Å². The normalized spacial score (nSPS) is 12.0. The van der Waals surface area contributed by atoms with Gasteiger partial charge in [-0.25, -0.2) is 9.78 Å². The van der Waals surface area contributed by atoms with Crippen LogP contribution in [-0.2, 0) is 52.5 Å². The maximum Gasteiger partial charge on any atom is 0.408 e. The molecular weight excluding hydrogens is 847 g/mol. The summed E-state index contributed by atoms with van der Waals surface area (Å²) in [6, 6.07) is 65.9. The molecule has 2 N–H and O–H groups in total. The number of hydrogen-bond acceptors (Lipinski definition) is 6. The number of alkyl carbamates (subject to hydrolysis) is 1. The molecule has 8 rings (SSSR count). The van der Waals surface area contributed by atoms with Crippen LogP contribution in [0.3, 0.4) is 0 Å². The zero-order chi connectivity index (χ0) is 47.0. The Kier molecular flexibility index (Phi) is 15.5. The molecule has 10 heteroatoms. The van der Waals surface area contributed by atoms with Crippen molar-refractivity contribution in [2.45, 2.75) is 57.1 Å². The maximum atomic E-state index is 15.2. The van der Waals surface area contributed by atoms with Gasteiger partial charge in [0, 0.05) is 25.2 Å². The molecule has 0 fully saturated rings. The fourth-order valence-corrected chi connectivity index (χ4v) is 8.55. The van der Waals surface area contributed by atoms with Crippen LogP contribution in [0.25, 0.3) is 0 Å². The highest BCUT2D eigenvalue weighted by molar-refractivity contribution is 5.90. The average molecular weight is 902 g/mol. The molecular formula is C58H55N5O5. The number of ether oxygens (including phenoxy) is 2. The zero-order valence-electron chi connectivity index (χ0n) is 38.1. The van der Waals surface area contributed by atoms with Gasteiger partial charge in [-0.1, -0.05) is 194 Å². The molecule has 1 aromatic heterocycles. The summed E-state index contributed by atoms with van der Waals surface area (Å²) in [5.74, 6) is -0.151. The van der Waals surface area contributed by atoms with Crippen LogP contribution in [0.15, 0.2) is 219 Å². The van der Waals surface area contributed by atoms with Gasteiger partial charge >= 0.3 is 6.09 Å². The Bertz CT molecular complexity index is 2710. The number of imidazole rings is 1. The van der Waals surface area contributed by atoms with E-state index in [0.717, 1.165) is 38.9 Å². The predicted molar refractivity (Wildman–Crippen MR) is 264 cm³/mol. The van der Waals surface area contributed by atoms with Crippen LogP contribution in [0.4, 0.5) is 4.79 Å². The van der Waals surface area contributed by atoms with Crippen LogP contribution in [0, 0.1) is 0 Å². The van der Waals surface area contributed by atoms with Crippen LogP contribution in [0.1, 0.15) is 51.6 Å². The van der Waals surface area contributed by atoms with E-state index < -0.39 is 23.6 Å². The third-order valence-electron chi connectivity index (χ3n) is 11.8. The maximum absolute atomic E-state index is 15.2. The number of amides is 3. The van der Waals surface area contributed by atoms with E-state index in [-0.39, 0.29) is 38.1 Å². The first-order chi connectivity index (χ1) is 33.3. The summed E-state index contributed by atoms with van der Waals surface area (Å²) >= 11 is 0. The lowest BCUT2D eigenvalue weighted by Crippen LogP contribution is -2.52. The number of benzene rings is 7. The van der Waals surface area contributed by atoms with Gasteiger partial charge in [0.25, 0.3) is 0 Å².